The fraction of sp³-hybridized carbons (Fsp3) is 0.917. The molecule has 2 atom stereocenters. The topological polar surface area (TPSA) is 32.6 Å². The maximum atomic E-state index is 8.92. The molecule has 0 amide bonds. The van der Waals surface area contributed by atoms with E-state index in [1.165, 1.54) is 38.5 Å². The molecule has 0 aromatic heterocycles. The van der Waals surface area contributed by atoms with Crippen molar-refractivity contribution in [3.63, 3.8) is 0 Å². The molecule has 82 valence electrons. The van der Waals surface area contributed by atoms with Gasteiger partial charge in [-0.25, -0.2) is 0 Å². The van der Waals surface area contributed by atoms with Crippen LogP contribution in [0.25, 0.3) is 0 Å². The van der Waals surface area contributed by atoms with Crippen molar-refractivity contribution in [2.75, 3.05) is 0 Å². The predicted molar refractivity (Wildman–Crippen MR) is 59.9 cm³/mol. The van der Waals surface area contributed by atoms with Gasteiger partial charge in [0.05, 0.1) is 5.71 Å². The molecule has 2 heteroatoms. The minimum Gasteiger partial charge on any atom is -0.411 e. The summed E-state index contributed by atoms with van der Waals surface area (Å²) < 4.78 is 0. The molecule has 2 unspecified atom stereocenters. The highest BCUT2D eigenvalue weighted by Crippen LogP contribution is 2.29. The lowest BCUT2D eigenvalue weighted by Gasteiger charge is -2.27. The van der Waals surface area contributed by atoms with Crippen molar-refractivity contribution < 1.29 is 5.21 Å². The Labute approximate surface area is 87.4 Å². The molecule has 14 heavy (non-hydrogen) atoms. The summed E-state index contributed by atoms with van der Waals surface area (Å²) in [4.78, 5) is 0. The van der Waals surface area contributed by atoms with E-state index in [0.717, 1.165) is 12.1 Å². The smallest absolute Gasteiger partial charge is 0.0604 e. The van der Waals surface area contributed by atoms with Gasteiger partial charge < -0.3 is 5.21 Å². The van der Waals surface area contributed by atoms with Gasteiger partial charge in [0.15, 0.2) is 0 Å². The van der Waals surface area contributed by atoms with Gasteiger partial charge in [-0.05, 0) is 31.6 Å². The lowest BCUT2D eigenvalue weighted by molar-refractivity contribution is 0.300. The van der Waals surface area contributed by atoms with Crippen LogP contribution in [0, 0.1) is 11.8 Å². The van der Waals surface area contributed by atoms with Crippen molar-refractivity contribution in [3.8, 4) is 0 Å². The summed E-state index contributed by atoms with van der Waals surface area (Å²) in [5.74, 6) is 1.28. The van der Waals surface area contributed by atoms with Crippen molar-refractivity contribution in [1.29, 1.82) is 0 Å². The van der Waals surface area contributed by atoms with Crippen LogP contribution in [0.1, 0.15) is 58.8 Å². The average Bonchev–Trinajstić information content (AvgIpc) is 2.20. The van der Waals surface area contributed by atoms with Gasteiger partial charge in [0.1, 0.15) is 0 Å². The van der Waals surface area contributed by atoms with Crippen LogP contribution in [-0.2, 0) is 0 Å². The Balaban J connectivity index is 2.35. The van der Waals surface area contributed by atoms with Gasteiger partial charge in [-0.2, -0.15) is 0 Å². The highest BCUT2D eigenvalue weighted by Gasteiger charge is 2.24. The van der Waals surface area contributed by atoms with Crippen LogP contribution in [0.4, 0.5) is 0 Å². The van der Waals surface area contributed by atoms with Crippen LogP contribution in [0.3, 0.4) is 0 Å². The van der Waals surface area contributed by atoms with Gasteiger partial charge in [0.25, 0.3) is 0 Å². The third-order valence-corrected chi connectivity index (χ3v) is 3.32. The summed E-state index contributed by atoms with van der Waals surface area (Å²) in [6.45, 7) is 4.47. The number of oxime groups is 1. The van der Waals surface area contributed by atoms with E-state index in [1.54, 1.807) is 0 Å². The van der Waals surface area contributed by atoms with Crippen LogP contribution in [0.15, 0.2) is 5.16 Å². The van der Waals surface area contributed by atoms with Crippen LogP contribution in [0.5, 0.6) is 0 Å². The molecular weight excluding hydrogens is 174 g/mol. The Bertz CT molecular complexity index is 189. The number of rotatable bonds is 4. The maximum absolute atomic E-state index is 8.92. The molecule has 2 nitrogen and oxygen atoms in total. The quantitative estimate of drug-likeness (QED) is 0.414. The summed E-state index contributed by atoms with van der Waals surface area (Å²) in [6, 6.07) is 0. The van der Waals surface area contributed by atoms with Crippen LogP contribution in [0.2, 0.25) is 0 Å². The van der Waals surface area contributed by atoms with Crippen molar-refractivity contribution >= 4 is 5.71 Å². The summed E-state index contributed by atoms with van der Waals surface area (Å²) in [6.07, 6.45) is 8.63. The van der Waals surface area contributed by atoms with Crippen LogP contribution in [-0.4, -0.2) is 10.9 Å². The molecule has 1 N–H and O–H groups in total. The molecular formula is C12H23NO. The van der Waals surface area contributed by atoms with E-state index in [4.69, 9.17) is 5.21 Å². The average molecular weight is 197 g/mol. The molecule has 1 aliphatic rings. The Kier molecular flexibility index (Phi) is 4.99. The number of hydrogen-bond acceptors (Lipinski definition) is 2. The van der Waals surface area contributed by atoms with Gasteiger partial charge in [0.2, 0.25) is 0 Å². The molecule has 0 aromatic carbocycles. The molecule has 0 bridgehead atoms. The Hall–Kier alpha value is -0.530. The fourth-order valence-electron chi connectivity index (χ4n) is 2.35. The Morgan fingerprint density at radius 1 is 1.36 bits per heavy atom. The number of unbranched alkanes of at least 4 members (excludes halogenated alkanes) is 2. The molecule has 1 saturated carbocycles. The SMILES string of the molecule is CCCCCC1CCC(C)C/C1=N\O. The zero-order chi connectivity index (χ0) is 10.4. The first-order valence-corrected chi connectivity index (χ1v) is 5.98. The Morgan fingerprint density at radius 2 is 2.14 bits per heavy atom. The molecule has 0 heterocycles. The lowest BCUT2D eigenvalue weighted by Crippen LogP contribution is -2.23. The summed E-state index contributed by atoms with van der Waals surface area (Å²) in [7, 11) is 0. The van der Waals surface area contributed by atoms with Crippen molar-refractivity contribution in [1.82, 2.24) is 0 Å². The summed E-state index contributed by atoms with van der Waals surface area (Å²) >= 11 is 0. The van der Waals surface area contributed by atoms with E-state index in [9.17, 15) is 0 Å². The maximum Gasteiger partial charge on any atom is 0.0604 e. The zero-order valence-electron chi connectivity index (χ0n) is 9.50. The Morgan fingerprint density at radius 3 is 2.79 bits per heavy atom. The van der Waals surface area contributed by atoms with Crippen LogP contribution >= 0.6 is 0 Å². The molecule has 0 radical (unpaired) electrons. The second-order valence-corrected chi connectivity index (χ2v) is 4.67. The molecule has 1 aliphatic carbocycles. The molecule has 1 fully saturated rings. The van der Waals surface area contributed by atoms with E-state index in [-0.39, 0.29) is 0 Å². The third-order valence-electron chi connectivity index (χ3n) is 3.32. The minimum absolute atomic E-state index is 0.572. The summed E-state index contributed by atoms with van der Waals surface area (Å²) in [5.41, 5.74) is 1.06. The van der Waals surface area contributed by atoms with Gasteiger partial charge in [-0.1, -0.05) is 38.3 Å². The first-order valence-electron chi connectivity index (χ1n) is 5.98. The zero-order valence-corrected chi connectivity index (χ0v) is 9.50. The molecule has 1 rings (SSSR count). The minimum atomic E-state index is 0.572. The highest BCUT2D eigenvalue weighted by atomic mass is 16.4. The van der Waals surface area contributed by atoms with Gasteiger partial charge in [0, 0.05) is 5.92 Å². The van der Waals surface area contributed by atoms with E-state index < -0.39 is 0 Å². The first-order chi connectivity index (χ1) is 6.77. The second-order valence-electron chi connectivity index (χ2n) is 4.67. The normalized spacial score (nSPS) is 30.9. The molecule has 0 saturated heterocycles. The predicted octanol–water partition coefficient (Wildman–Crippen LogP) is 3.83. The third kappa shape index (κ3) is 3.32. The summed E-state index contributed by atoms with van der Waals surface area (Å²) in [5, 5.41) is 12.4. The highest BCUT2D eigenvalue weighted by molar-refractivity contribution is 5.87. The van der Waals surface area contributed by atoms with E-state index in [0.29, 0.717) is 11.8 Å². The fourth-order valence-corrected chi connectivity index (χ4v) is 2.35. The van der Waals surface area contributed by atoms with E-state index >= 15 is 0 Å². The van der Waals surface area contributed by atoms with Gasteiger partial charge in [-0.3, -0.25) is 0 Å². The monoisotopic (exact) mass is 197 g/mol. The van der Waals surface area contributed by atoms with Gasteiger partial charge >= 0.3 is 0 Å². The standard InChI is InChI=1S/C12H23NO/c1-3-4-5-6-11-8-7-10(2)9-12(11)13-14/h10-11,14H,3-9H2,1-2H3/b13-12+. The first kappa shape index (κ1) is 11.5. The lowest BCUT2D eigenvalue weighted by atomic mass is 9.79. The van der Waals surface area contributed by atoms with Crippen molar-refractivity contribution in [2.24, 2.45) is 17.0 Å². The molecule has 0 aliphatic heterocycles. The van der Waals surface area contributed by atoms with E-state index in [1.807, 2.05) is 0 Å². The number of nitrogens with zero attached hydrogens (tertiary/aromatic N) is 1. The van der Waals surface area contributed by atoms with Crippen molar-refractivity contribution in [3.05, 3.63) is 0 Å². The van der Waals surface area contributed by atoms with Crippen molar-refractivity contribution in [2.45, 2.75) is 58.8 Å². The largest absolute Gasteiger partial charge is 0.411 e. The van der Waals surface area contributed by atoms with Crippen LogP contribution < -0.4 is 0 Å². The molecule has 0 aromatic rings. The van der Waals surface area contributed by atoms with Gasteiger partial charge in [-0.15, -0.1) is 0 Å². The number of hydrogen-bond donors (Lipinski definition) is 1. The second kappa shape index (κ2) is 6.05. The molecule has 0 spiro atoms. The van der Waals surface area contributed by atoms with E-state index in [2.05, 4.69) is 19.0 Å².